The van der Waals surface area contributed by atoms with Gasteiger partial charge in [0.2, 0.25) is 0 Å². The van der Waals surface area contributed by atoms with Gasteiger partial charge in [-0.15, -0.1) is 0 Å². The van der Waals surface area contributed by atoms with Crippen molar-refractivity contribution < 1.29 is 22.0 Å². The first-order valence-electron chi connectivity index (χ1n) is 5.73. The maximum Gasteiger partial charge on any atom is 0.437 e. The Bertz CT molecular complexity index is 460. The van der Waals surface area contributed by atoms with E-state index in [0.717, 1.165) is 12.4 Å². The second-order valence-corrected chi connectivity index (χ2v) is 4.58. The maximum atomic E-state index is 13.3. The first kappa shape index (κ1) is 14.0. The van der Waals surface area contributed by atoms with Crippen LogP contribution in [0.3, 0.4) is 0 Å². The number of anilines is 1. The van der Waals surface area contributed by atoms with Gasteiger partial charge in [-0.2, -0.15) is 13.2 Å². The molecule has 1 unspecified atom stereocenters. The Morgan fingerprint density at radius 3 is 2.47 bits per heavy atom. The third-order valence-corrected chi connectivity index (χ3v) is 3.18. The normalized spacial score (nSPS) is 23.5. The first-order valence-corrected chi connectivity index (χ1v) is 5.73. The van der Waals surface area contributed by atoms with Crippen LogP contribution in [0.4, 0.5) is 27.8 Å². The van der Waals surface area contributed by atoms with E-state index >= 15 is 0 Å². The molecule has 0 aromatic carbocycles. The molecule has 0 N–H and O–H groups in total. The second-order valence-electron chi connectivity index (χ2n) is 4.58. The lowest BCUT2D eigenvalue weighted by Crippen LogP contribution is -2.46. The van der Waals surface area contributed by atoms with Crippen LogP contribution in [-0.2, 0) is 6.18 Å². The van der Waals surface area contributed by atoms with E-state index in [-0.39, 0.29) is 18.9 Å². The van der Waals surface area contributed by atoms with Crippen molar-refractivity contribution in [3.8, 4) is 0 Å². The summed E-state index contributed by atoms with van der Waals surface area (Å²) in [4.78, 5) is 8.14. The van der Waals surface area contributed by atoms with Gasteiger partial charge in [0.25, 0.3) is 5.92 Å². The van der Waals surface area contributed by atoms with Gasteiger partial charge in [0.1, 0.15) is 0 Å². The lowest BCUT2D eigenvalue weighted by molar-refractivity contribution is -0.141. The SMILES string of the molecule is CC1CN(c2nccnc2C(F)(F)F)CCC1(F)F. The Morgan fingerprint density at radius 2 is 1.89 bits per heavy atom. The molecule has 1 saturated heterocycles. The molecule has 0 aliphatic carbocycles. The molecule has 19 heavy (non-hydrogen) atoms. The van der Waals surface area contributed by atoms with E-state index in [1.807, 2.05) is 0 Å². The number of halogens is 5. The standard InChI is InChI=1S/C11H12F5N3/c1-7-6-19(5-2-10(7,12)13)9-8(11(14,15)16)17-3-4-18-9/h3-4,7H,2,5-6H2,1H3. The molecule has 0 amide bonds. The summed E-state index contributed by atoms with van der Waals surface area (Å²) in [6.45, 7) is 0.976. The molecular formula is C11H12F5N3. The van der Waals surface area contributed by atoms with Crippen LogP contribution in [-0.4, -0.2) is 29.0 Å². The van der Waals surface area contributed by atoms with Crippen molar-refractivity contribution in [3.05, 3.63) is 18.1 Å². The average Bonchev–Trinajstić information content (AvgIpc) is 2.32. The molecule has 1 atom stereocenters. The van der Waals surface area contributed by atoms with Gasteiger partial charge in [-0.05, 0) is 0 Å². The lowest BCUT2D eigenvalue weighted by Gasteiger charge is -2.37. The van der Waals surface area contributed by atoms with Crippen LogP contribution in [0, 0.1) is 5.92 Å². The Labute approximate surface area is 106 Å². The van der Waals surface area contributed by atoms with Crippen molar-refractivity contribution in [1.29, 1.82) is 0 Å². The zero-order valence-electron chi connectivity index (χ0n) is 10.1. The van der Waals surface area contributed by atoms with Crippen LogP contribution in [0.1, 0.15) is 19.0 Å². The molecule has 8 heteroatoms. The predicted octanol–water partition coefficient (Wildman–Crippen LogP) is 2.98. The second kappa shape index (κ2) is 4.57. The highest BCUT2D eigenvalue weighted by atomic mass is 19.4. The summed E-state index contributed by atoms with van der Waals surface area (Å²) in [6, 6.07) is 0. The fourth-order valence-electron chi connectivity index (χ4n) is 2.04. The van der Waals surface area contributed by atoms with E-state index in [0.29, 0.717) is 0 Å². The minimum absolute atomic E-state index is 0.168. The van der Waals surface area contributed by atoms with Crippen molar-refractivity contribution in [2.45, 2.75) is 25.4 Å². The van der Waals surface area contributed by atoms with Gasteiger partial charge < -0.3 is 4.90 Å². The highest BCUT2D eigenvalue weighted by Gasteiger charge is 2.44. The molecule has 0 saturated carbocycles. The molecule has 1 aromatic heterocycles. The van der Waals surface area contributed by atoms with Gasteiger partial charge in [0.15, 0.2) is 11.5 Å². The first-order chi connectivity index (χ1) is 8.72. The number of alkyl halides is 5. The molecule has 1 aromatic rings. The number of rotatable bonds is 1. The third kappa shape index (κ3) is 2.76. The van der Waals surface area contributed by atoms with Gasteiger partial charge in [-0.3, -0.25) is 0 Å². The summed E-state index contributed by atoms with van der Waals surface area (Å²) in [5, 5.41) is 0. The number of aromatic nitrogens is 2. The summed E-state index contributed by atoms with van der Waals surface area (Å²) in [5.74, 6) is -4.25. The molecule has 3 nitrogen and oxygen atoms in total. The summed E-state index contributed by atoms with van der Waals surface area (Å²) in [5.41, 5.74) is -1.13. The van der Waals surface area contributed by atoms with Crippen LogP contribution < -0.4 is 4.90 Å². The van der Waals surface area contributed by atoms with E-state index in [9.17, 15) is 22.0 Å². The van der Waals surface area contributed by atoms with E-state index in [1.54, 1.807) is 0 Å². The summed E-state index contributed by atoms with van der Waals surface area (Å²) < 4.78 is 65.0. The molecule has 2 rings (SSSR count). The van der Waals surface area contributed by atoms with Crippen LogP contribution >= 0.6 is 0 Å². The lowest BCUT2D eigenvalue weighted by atomic mass is 9.95. The summed E-state index contributed by atoms with van der Waals surface area (Å²) >= 11 is 0. The Balaban J connectivity index is 2.29. The van der Waals surface area contributed by atoms with Crippen LogP contribution in [0.25, 0.3) is 0 Å². The Hall–Kier alpha value is -1.47. The molecule has 0 radical (unpaired) electrons. The molecule has 106 valence electrons. The Morgan fingerprint density at radius 1 is 1.26 bits per heavy atom. The van der Waals surface area contributed by atoms with Crippen LogP contribution in [0.2, 0.25) is 0 Å². The van der Waals surface area contributed by atoms with Gasteiger partial charge in [0, 0.05) is 37.8 Å². The highest BCUT2D eigenvalue weighted by molar-refractivity contribution is 5.45. The van der Waals surface area contributed by atoms with E-state index < -0.39 is 30.1 Å². The van der Waals surface area contributed by atoms with Gasteiger partial charge in [-0.25, -0.2) is 18.7 Å². The Kier molecular flexibility index (Phi) is 3.36. The third-order valence-electron chi connectivity index (χ3n) is 3.18. The number of hydrogen-bond acceptors (Lipinski definition) is 3. The van der Waals surface area contributed by atoms with Gasteiger partial charge >= 0.3 is 6.18 Å². The molecule has 1 fully saturated rings. The van der Waals surface area contributed by atoms with Gasteiger partial charge in [0.05, 0.1) is 0 Å². The molecule has 1 aliphatic rings. The quantitative estimate of drug-likeness (QED) is 0.741. The zero-order chi connectivity index (χ0) is 14.3. The smallest absolute Gasteiger partial charge is 0.354 e. The van der Waals surface area contributed by atoms with Crippen molar-refractivity contribution in [2.75, 3.05) is 18.0 Å². The van der Waals surface area contributed by atoms with E-state index in [4.69, 9.17) is 0 Å². The average molecular weight is 281 g/mol. The fraction of sp³-hybridized carbons (Fsp3) is 0.636. The minimum atomic E-state index is -4.65. The summed E-state index contributed by atoms with van der Waals surface area (Å²) in [7, 11) is 0. The minimum Gasteiger partial charge on any atom is -0.354 e. The molecule has 0 spiro atoms. The number of piperidine rings is 1. The molecule has 1 aliphatic heterocycles. The zero-order valence-corrected chi connectivity index (χ0v) is 10.1. The van der Waals surface area contributed by atoms with Crippen molar-refractivity contribution in [2.24, 2.45) is 5.92 Å². The van der Waals surface area contributed by atoms with Crippen LogP contribution in [0.5, 0.6) is 0 Å². The molecular weight excluding hydrogens is 269 g/mol. The predicted molar refractivity (Wildman–Crippen MR) is 58.0 cm³/mol. The maximum absolute atomic E-state index is 13.3. The number of nitrogens with zero attached hydrogens (tertiary/aromatic N) is 3. The fourth-order valence-corrected chi connectivity index (χ4v) is 2.04. The van der Waals surface area contributed by atoms with Gasteiger partial charge in [-0.1, -0.05) is 6.92 Å². The van der Waals surface area contributed by atoms with Crippen LogP contribution in [0.15, 0.2) is 12.4 Å². The molecule has 0 bridgehead atoms. The number of hydrogen-bond donors (Lipinski definition) is 0. The molecule has 2 heterocycles. The van der Waals surface area contributed by atoms with Crippen molar-refractivity contribution in [3.63, 3.8) is 0 Å². The topological polar surface area (TPSA) is 29.0 Å². The van der Waals surface area contributed by atoms with E-state index in [2.05, 4.69) is 9.97 Å². The largest absolute Gasteiger partial charge is 0.437 e. The van der Waals surface area contributed by atoms with Crippen molar-refractivity contribution in [1.82, 2.24) is 9.97 Å². The highest BCUT2D eigenvalue weighted by Crippen LogP contribution is 2.38. The van der Waals surface area contributed by atoms with Crippen molar-refractivity contribution >= 4 is 5.82 Å². The van der Waals surface area contributed by atoms with E-state index in [1.165, 1.54) is 11.8 Å². The monoisotopic (exact) mass is 281 g/mol. The summed E-state index contributed by atoms with van der Waals surface area (Å²) in [6.07, 6.45) is -3.06.